The fraction of sp³-hybridized carbons (Fsp3) is 0.440. The number of ether oxygens (including phenoxy) is 1. The van der Waals surface area contributed by atoms with Crippen molar-refractivity contribution in [1.29, 1.82) is 0 Å². The first-order chi connectivity index (χ1) is 17.3. The highest BCUT2D eigenvalue weighted by atomic mass is 19.3. The number of aldehydes is 1. The zero-order valence-corrected chi connectivity index (χ0v) is 20.7. The summed E-state index contributed by atoms with van der Waals surface area (Å²) >= 11 is 0. The number of carbonyl (C=O) groups excluding carboxylic acids is 2. The molecule has 2 aliphatic heterocycles. The quantitative estimate of drug-likeness (QED) is 0.540. The average molecular weight is 503 g/mol. The van der Waals surface area contributed by atoms with E-state index in [2.05, 4.69) is 9.97 Å². The van der Waals surface area contributed by atoms with E-state index in [4.69, 9.17) is 10.5 Å². The first kappa shape index (κ1) is 27.2. The molecule has 1 atom stereocenters. The number of cyclic esters (lactones) is 1. The third-order valence-electron chi connectivity index (χ3n) is 5.84. The summed E-state index contributed by atoms with van der Waals surface area (Å²) in [7, 11) is 1.87. The summed E-state index contributed by atoms with van der Waals surface area (Å²) in [5, 5.41) is 0.846. The Morgan fingerprint density at radius 3 is 2.47 bits per heavy atom. The largest absolute Gasteiger partial charge is 0.443 e. The van der Waals surface area contributed by atoms with Gasteiger partial charge in [0.05, 0.1) is 30.3 Å². The molecule has 0 aromatic carbocycles. The van der Waals surface area contributed by atoms with Crippen LogP contribution in [-0.2, 0) is 4.74 Å². The number of aromatic nitrogens is 3. The fourth-order valence-corrected chi connectivity index (χ4v) is 3.81. The van der Waals surface area contributed by atoms with Gasteiger partial charge in [-0.15, -0.1) is 0 Å². The molecule has 0 aliphatic carbocycles. The minimum atomic E-state index is -2.38. The summed E-state index contributed by atoms with van der Waals surface area (Å²) in [5.41, 5.74) is 8.18. The lowest BCUT2D eigenvalue weighted by Gasteiger charge is -2.28. The van der Waals surface area contributed by atoms with Crippen molar-refractivity contribution in [2.75, 3.05) is 38.1 Å². The second-order valence-corrected chi connectivity index (χ2v) is 8.40. The van der Waals surface area contributed by atoms with Gasteiger partial charge in [0.2, 0.25) is 0 Å². The van der Waals surface area contributed by atoms with Gasteiger partial charge in [-0.1, -0.05) is 13.8 Å². The molecule has 9 nitrogen and oxygen atoms in total. The molecular formula is C25H32F2N6O3. The number of fused-ring (bicyclic) bond motifs is 1. The molecule has 2 aliphatic rings. The van der Waals surface area contributed by atoms with Crippen molar-refractivity contribution in [3.8, 4) is 5.69 Å². The van der Waals surface area contributed by atoms with Crippen molar-refractivity contribution in [2.24, 2.45) is 5.73 Å². The van der Waals surface area contributed by atoms with Crippen molar-refractivity contribution in [3.63, 3.8) is 0 Å². The number of pyridine rings is 2. The van der Waals surface area contributed by atoms with Crippen molar-refractivity contribution in [3.05, 3.63) is 48.5 Å². The normalized spacial score (nSPS) is 19.1. The van der Waals surface area contributed by atoms with Gasteiger partial charge in [0.25, 0.3) is 5.92 Å². The van der Waals surface area contributed by atoms with Gasteiger partial charge in [-0.3, -0.25) is 19.2 Å². The van der Waals surface area contributed by atoms with Crippen LogP contribution < -0.4 is 10.6 Å². The van der Waals surface area contributed by atoms with Gasteiger partial charge in [0.1, 0.15) is 11.8 Å². The number of hydrogen-bond donors (Lipinski definition) is 1. The Bertz CT molecular complexity index is 1180. The summed E-state index contributed by atoms with van der Waals surface area (Å²) < 4.78 is 31.7. The van der Waals surface area contributed by atoms with Crippen molar-refractivity contribution >= 4 is 29.1 Å². The Kier molecular flexibility index (Phi) is 9.05. The maximum atomic E-state index is 12.4. The number of rotatable bonds is 4. The molecule has 36 heavy (non-hydrogen) atoms. The van der Waals surface area contributed by atoms with Gasteiger partial charge in [-0.2, -0.15) is 0 Å². The zero-order chi connectivity index (χ0) is 26.3. The van der Waals surface area contributed by atoms with E-state index in [1.54, 1.807) is 18.5 Å². The number of carbonyl (C=O) groups is 2. The van der Waals surface area contributed by atoms with E-state index in [9.17, 15) is 18.4 Å². The predicted octanol–water partition coefficient (Wildman–Crippen LogP) is 3.89. The molecule has 2 fully saturated rings. The van der Waals surface area contributed by atoms with E-state index in [1.165, 1.54) is 11.1 Å². The van der Waals surface area contributed by atoms with Gasteiger partial charge in [0.15, 0.2) is 6.29 Å². The molecule has 1 unspecified atom stereocenters. The molecular weight excluding hydrogens is 470 g/mol. The van der Waals surface area contributed by atoms with Crippen LogP contribution in [0.25, 0.3) is 16.7 Å². The van der Waals surface area contributed by atoms with Crippen molar-refractivity contribution in [1.82, 2.24) is 19.4 Å². The predicted molar refractivity (Wildman–Crippen MR) is 134 cm³/mol. The zero-order valence-electron chi connectivity index (χ0n) is 20.7. The van der Waals surface area contributed by atoms with Crippen LogP contribution in [0.2, 0.25) is 0 Å². The van der Waals surface area contributed by atoms with Crippen LogP contribution in [0.1, 0.15) is 37.0 Å². The summed E-state index contributed by atoms with van der Waals surface area (Å²) in [5.74, 6) is -2.38. The van der Waals surface area contributed by atoms with Gasteiger partial charge in [-0.25, -0.2) is 18.6 Å². The highest BCUT2D eigenvalue weighted by molar-refractivity contribution is 5.90. The number of likely N-dealkylation sites (tertiary alicyclic amines) is 1. The van der Waals surface area contributed by atoms with Crippen molar-refractivity contribution in [2.45, 2.75) is 38.7 Å². The SMILES string of the molecule is CC.CN1CCC(F)(F)CC1.NCC1CN(c2cncc(-n3ccc4cc(C=O)cnc43)c2)C(=O)O1. The number of anilines is 1. The summed E-state index contributed by atoms with van der Waals surface area (Å²) in [6, 6.07) is 5.48. The number of hydrogen-bond acceptors (Lipinski definition) is 7. The molecule has 3 aromatic rings. The number of amides is 1. The van der Waals surface area contributed by atoms with Gasteiger partial charge in [0, 0.05) is 55.8 Å². The molecule has 5 heterocycles. The highest BCUT2D eigenvalue weighted by Gasteiger charge is 2.33. The van der Waals surface area contributed by atoms with Crippen LogP contribution in [0.5, 0.6) is 0 Å². The van der Waals surface area contributed by atoms with E-state index >= 15 is 0 Å². The van der Waals surface area contributed by atoms with E-state index in [1.807, 2.05) is 48.7 Å². The topological polar surface area (TPSA) is 107 Å². The fourth-order valence-electron chi connectivity index (χ4n) is 3.81. The smallest absolute Gasteiger partial charge is 0.414 e. The minimum Gasteiger partial charge on any atom is -0.443 e. The molecule has 2 N–H and O–H groups in total. The second-order valence-electron chi connectivity index (χ2n) is 8.40. The van der Waals surface area contributed by atoms with Crippen LogP contribution in [0.4, 0.5) is 19.3 Å². The molecule has 0 radical (unpaired) electrons. The molecule has 11 heteroatoms. The molecule has 5 rings (SSSR count). The van der Waals surface area contributed by atoms with Crippen molar-refractivity contribution < 1.29 is 23.1 Å². The first-order valence-corrected chi connectivity index (χ1v) is 11.9. The first-order valence-electron chi connectivity index (χ1n) is 11.9. The second kappa shape index (κ2) is 12.0. The molecule has 1 amide bonds. The minimum absolute atomic E-state index is 0.0312. The summed E-state index contributed by atoms with van der Waals surface area (Å²) in [6.45, 7) is 5.74. The lowest BCUT2D eigenvalue weighted by molar-refractivity contribution is -0.0504. The number of nitrogens with zero attached hydrogens (tertiary/aromatic N) is 5. The summed E-state index contributed by atoms with van der Waals surface area (Å²) in [6.07, 6.45) is 6.73. The van der Waals surface area contributed by atoms with Crippen LogP contribution in [0.3, 0.4) is 0 Å². The third kappa shape index (κ3) is 6.41. The molecule has 0 saturated carbocycles. The monoisotopic (exact) mass is 502 g/mol. The van der Waals surface area contributed by atoms with Crippen LogP contribution in [0, 0.1) is 0 Å². The van der Waals surface area contributed by atoms with E-state index in [-0.39, 0.29) is 25.5 Å². The maximum Gasteiger partial charge on any atom is 0.414 e. The maximum absolute atomic E-state index is 12.4. The van der Waals surface area contributed by atoms with Gasteiger partial charge < -0.3 is 15.4 Å². The third-order valence-corrected chi connectivity index (χ3v) is 5.84. The average Bonchev–Trinajstić information content (AvgIpc) is 3.50. The number of piperidine rings is 1. The molecule has 3 aromatic heterocycles. The Labute approximate surface area is 208 Å². The molecule has 0 spiro atoms. The Balaban J connectivity index is 0.000000276. The van der Waals surface area contributed by atoms with Gasteiger partial charge in [-0.05, 0) is 25.2 Å². The molecule has 194 valence electrons. The highest BCUT2D eigenvalue weighted by Crippen LogP contribution is 2.27. The number of nitrogens with two attached hydrogens (primary N) is 1. The summed E-state index contributed by atoms with van der Waals surface area (Å²) in [4.78, 5) is 34.9. The van der Waals surface area contributed by atoms with Crippen LogP contribution in [0.15, 0.2) is 43.0 Å². The Morgan fingerprint density at radius 2 is 1.86 bits per heavy atom. The molecule has 0 bridgehead atoms. The standard InChI is InChI=1S/C17H15N5O3.C6H11F2N.C2H6/c18-5-15-9-22(17(24)25-15)14-4-13(7-19-8-14)21-2-1-12-3-11(10-23)6-20-16(12)21;1-9-4-2-6(7,8)3-5-9;1-2/h1-4,6-8,10,15H,5,9,18H2;2-5H2,1H3;1-2H3. The van der Waals surface area contributed by atoms with Crippen LogP contribution in [-0.4, -0.2) is 77.1 Å². The van der Waals surface area contributed by atoms with E-state index < -0.39 is 12.0 Å². The molecule has 2 saturated heterocycles. The number of halogens is 2. The van der Waals surface area contributed by atoms with E-state index in [0.717, 1.165) is 17.4 Å². The lowest BCUT2D eigenvalue weighted by atomic mass is 10.1. The lowest BCUT2D eigenvalue weighted by Crippen LogP contribution is -2.36. The number of alkyl halides is 2. The Morgan fingerprint density at radius 1 is 1.17 bits per heavy atom. The van der Waals surface area contributed by atoms with Crippen LogP contribution >= 0.6 is 0 Å². The Hall–Kier alpha value is -3.44. The van der Waals surface area contributed by atoms with Gasteiger partial charge >= 0.3 is 6.09 Å². The van der Waals surface area contributed by atoms with E-state index in [0.29, 0.717) is 36.5 Å².